The molecule has 2 aromatic carbocycles. The molecule has 0 unspecified atom stereocenters. The van der Waals surface area contributed by atoms with Gasteiger partial charge in [0.1, 0.15) is 17.5 Å². The lowest BCUT2D eigenvalue weighted by atomic mass is 9.90. The number of ether oxygens (including phenoxy) is 2. The van der Waals surface area contributed by atoms with E-state index >= 15 is 0 Å². The van der Waals surface area contributed by atoms with E-state index in [1.54, 1.807) is 37.3 Å². The largest absolute Gasteiger partial charge is 0.486 e. The number of fused-ring (bicyclic) bond motifs is 1. The number of nitriles is 1. The quantitative estimate of drug-likeness (QED) is 0.421. The zero-order valence-electron chi connectivity index (χ0n) is 16.9. The minimum atomic E-state index is -0.618. The number of carbonyl (C=O) groups excluding carboxylic acids is 2. The summed E-state index contributed by atoms with van der Waals surface area (Å²) in [5.41, 5.74) is 1.11. The van der Waals surface area contributed by atoms with Crippen LogP contribution in [0.2, 0.25) is 0 Å². The maximum absolute atomic E-state index is 12.8. The van der Waals surface area contributed by atoms with Crippen molar-refractivity contribution >= 4 is 38.8 Å². The van der Waals surface area contributed by atoms with Crippen molar-refractivity contribution in [2.24, 2.45) is 5.92 Å². The van der Waals surface area contributed by atoms with Crippen molar-refractivity contribution in [1.82, 2.24) is 0 Å². The van der Waals surface area contributed by atoms with Crippen molar-refractivity contribution in [2.45, 2.75) is 37.3 Å². The lowest BCUT2D eigenvalue weighted by Crippen LogP contribution is -2.47. The number of esters is 1. The molecule has 0 saturated heterocycles. The molecule has 30 heavy (non-hydrogen) atoms. The first kappa shape index (κ1) is 22.4. The molecule has 0 aromatic heterocycles. The fraction of sp³-hybridized carbons (Fsp3) is 0.348. The number of rotatable bonds is 5. The first-order chi connectivity index (χ1) is 14.2. The zero-order chi connectivity index (χ0) is 21.9. The van der Waals surface area contributed by atoms with Crippen molar-refractivity contribution in [3.63, 3.8) is 0 Å². The Morgan fingerprint density at radius 1 is 1.27 bits per heavy atom. The molecule has 1 heterocycles. The number of benzene rings is 2. The van der Waals surface area contributed by atoms with Crippen LogP contribution in [0.5, 0.6) is 5.75 Å². The van der Waals surface area contributed by atoms with E-state index in [0.29, 0.717) is 28.2 Å². The molecule has 156 valence electrons. The molecule has 2 aromatic rings. The molecule has 0 saturated carbocycles. The number of thioether (sulfide) groups is 1. The molecule has 0 radical (unpaired) electrons. The number of nitrogens with zero attached hydrogens (tertiary/aromatic N) is 1. The molecule has 1 aliphatic rings. The van der Waals surface area contributed by atoms with Crippen molar-refractivity contribution in [3.05, 3.63) is 65.2 Å². The van der Waals surface area contributed by atoms with Gasteiger partial charge in [-0.05, 0) is 32.0 Å². The fourth-order valence-corrected chi connectivity index (χ4v) is 4.41. The number of halogens is 1. The average molecular weight is 488 g/mol. The van der Waals surface area contributed by atoms with Crippen LogP contribution >= 0.6 is 27.7 Å². The summed E-state index contributed by atoms with van der Waals surface area (Å²) in [6.07, 6.45) is -0.609. The van der Waals surface area contributed by atoms with Crippen LogP contribution in [0, 0.1) is 17.2 Å². The van der Waals surface area contributed by atoms with Gasteiger partial charge in [0.15, 0.2) is 0 Å². The standard InChI is InChI=1S/C23H22BrNO4S/c1-14(13-30-22(27)16-7-5-4-6-8-16)21(26)28-19-17-11-15(12-25)9-10-18(17)29-23(2,3)20(19)24/h4-11,14,19-20H,13H2,1-3H3/t14-,19-,20+/m1/s1. The van der Waals surface area contributed by atoms with E-state index in [-0.39, 0.29) is 9.94 Å². The summed E-state index contributed by atoms with van der Waals surface area (Å²) in [5, 5.41) is 9.16. The summed E-state index contributed by atoms with van der Waals surface area (Å²) in [4.78, 5) is 24.8. The predicted molar refractivity (Wildman–Crippen MR) is 120 cm³/mol. The molecule has 0 N–H and O–H groups in total. The van der Waals surface area contributed by atoms with Crippen molar-refractivity contribution in [1.29, 1.82) is 5.26 Å². The maximum atomic E-state index is 12.8. The zero-order valence-corrected chi connectivity index (χ0v) is 19.3. The van der Waals surface area contributed by atoms with Crippen LogP contribution in [0.25, 0.3) is 0 Å². The summed E-state index contributed by atoms with van der Waals surface area (Å²) in [6, 6.07) is 16.2. The van der Waals surface area contributed by atoms with Crippen LogP contribution in [0.15, 0.2) is 48.5 Å². The SMILES string of the molecule is C[C@H](CSC(=O)c1ccccc1)C(=O)O[C@@H]1c2cc(C#N)ccc2OC(C)(C)[C@H]1Br. The monoisotopic (exact) mass is 487 g/mol. The van der Waals surface area contributed by atoms with Crippen LogP contribution in [0.4, 0.5) is 0 Å². The Bertz CT molecular complexity index is 986. The Hall–Kier alpha value is -2.30. The predicted octanol–water partition coefficient (Wildman–Crippen LogP) is 5.29. The summed E-state index contributed by atoms with van der Waals surface area (Å²) in [7, 11) is 0. The molecular weight excluding hydrogens is 466 g/mol. The Morgan fingerprint density at radius 3 is 2.63 bits per heavy atom. The molecule has 5 nitrogen and oxygen atoms in total. The van der Waals surface area contributed by atoms with Gasteiger partial charge in [-0.15, -0.1) is 0 Å². The van der Waals surface area contributed by atoms with Crippen molar-refractivity contribution < 1.29 is 19.1 Å². The van der Waals surface area contributed by atoms with Crippen molar-refractivity contribution in [2.75, 3.05) is 5.75 Å². The average Bonchev–Trinajstić information content (AvgIpc) is 2.75. The molecule has 0 bridgehead atoms. The van der Waals surface area contributed by atoms with E-state index < -0.39 is 23.6 Å². The van der Waals surface area contributed by atoms with E-state index in [4.69, 9.17) is 9.47 Å². The molecule has 3 atom stereocenters. The van der Waals surface area contributed by atoms with Crippen LogP contribution in [0.3, 0.4) is 0 Å². The third-order valence-electron chi connectivity index (χ3n) is 4.87. The third kappa shape index (κ3) is 4.88. The van der Waals surface area contributed by atoms with E-state index in [9.17, 15) is 14.9 Å². The second kappa shape index (κ2) is 9.23. The highest BCUT2D eigenvalue weighted by molar-refractivity contribution is 9.09. The Labute approximate surface area is 188 Å². The van der Waals surface area contributed by atoms with Crippen LogP contribution in [-0.4, -0.2) is 27.3 Å². The van der Waals surface area contributed by atoms with Gasteiger partial charge in [-0.1, -0.05) is 64.9 Å². The van der Waals surface area contributed by atoms with Gasteiger partial charge in [0.05, 0.1) is 22.4 Å². The summed E-state index contributed by atoms with van der Waals surface area (Å²) in [5.74, 6) is 0.0329. The minimum Gasteiger partial charge on any atom is -0.486 e. The van der Waals surface area contributed by atoms with Gasteiger partial charge < -0.3 is 9.47 Å². The number of hydrogen-bond donors (Lipinski definition) is 0. The van der Waals surface area contributed by atoms with Crippen LogP contribution < -0.4 is 4.74 Å². The molecule has 0 aliphatic carbocycles. The fourth-order valence-electron chi connectivity index (χ4n) is 3.09. The number of carbonyl (C=O) groups is 2. The van der Waals surface area contributed by atoms with Gasteiger partial charge >= 0.3 is 5.97 Å². The summed E-state index contributed by atoms with van der Waals surface area (Å²) in [6.45, 7) is 5.56. The topological polar surface area (TPSA) is 76.4 Å². The molecule has 7 heteroatoms. The van der Waals surface area contributed by atoms with Gasteiger partial charge in [-0.25, -0.2) is 0 Å². The Balaban J connectivity index is 1.72. The first-order valence-electron chi connectivity index (χ1n) is 9.52. The van der Waals surface area contributed by atoms with E-state index in [0.717, 1.165) is 11.8 Å². The molecule has 3 rings (SSSR count). The lowest BCUT2D eigenvalue weighted by molar-refractivity contribution is -0.156. The highest BCUT2D eigenvalue weighted by atomic mass is 79.9. The Kier molecular flexibility index (Phi) is 6.89. The lowest BCUT2D eigenvalue weighted by Gasteiger charge is -2.41. The van der Waals surface area contributed by atoms with Gasteiger partial charge in [-0.3, -0.25) is 9.59 Å². The van der Waals surface area contributed by atoms with Crippen LogP contribution in [0.1, 0.15) is 48.4 Å². The molecule has 0 fully saturated rings. The molecular formula is C23H22BrNO4S. The highest BCUT2D eigenvalue weighted by Gasteiger charge is 2.45. The minimum absolute atomic E-state index is 0.0789. The van der Waals surface area contributed by atoms with E-state index in [1.165, 1.54) is 0 Å². The summed E-state index contributed by atoms with van der Waals surface area (Å²) >= 11 is 4.72. The third-order valence-corrected chi connectivity index (χ3v) is 7.62. The second-order valence-corrected chi connectivity index (χ2v) is 9.67. The van der Waals surface area contributed by atoms with Crippen molar-refractivity contribution in [3.8, 4) is 11.8 Å². The van der Waals surface area contributed by atoms with Gasteiger partial charge in [-0.2, -0.15) is 5.26 Å². The normalized spacial score (nSPS) is 20.2. The number of hydrogen-bond acceptors (Lipinski definition) is 6. The van der Waals surface area contributed by atoms with Gasteiger partial charge in [0.2, 0.25) is 5.12 Å². The van der Waals surface area contributed by atoms with E-state index in [2.05, 4.69) is 22.0 Å². The number of alkyl halides is 1. The Morgan fingerprint density at radius 2 is 1.97 bits per heavy atom. The molecule has 0 amide bonds. The molecule has 0 spiro atoms. The maximum Gasteiger partial charge on any atom is 0.310 e. The highest BCUT2D eigenvalue weighted by Crippen LogP contribution is 2.45. The van der Waals surface area contributed by atoms with Gasteiger partial charge in [0, 0.05) is 16.9 Å². The van der Waals surface area contributed by atoms with Crippen LogP contribution in [-0.2, 0) is 9.53 Å². The second-order valence-electron chi connectivity index (χ2n) is 7.69. The summed E-state index contributed by atoms with van der Waals surface area (Å²) < 4.78 is 11.9. The molecule has 1 aliphatic heterocycles. The first-order valence-corrected chi connectivity index (χ1v) is 11.4. The smallest absolute Gasteiger partial charge is 0.310 e. The van der Waals surface area contributed by atoms with E-state index in [1.807, 2.05) is 32.0 Å². The van der Waals surface area contributed by atoms with Gasteiger partial charge in [0.25, 0.3) is 0 Å².